The van der Waals surface area contributed by atoms with Crippen LogP contribution in [0.3, 0.4) is 0 Å². The Labute approximate surface area is 81.2 Å². The molecular formula is C10H10N2O2. The topological polar surface area (TPSA) is 59.2 Å². The van der Waals surface area contributed by atoms with Gasteiger partial charge < -0.3 is 9.63 Å². The van der Waals surface area contributed by atoms with Gasteiger partial charge in [0.05, 0.1) is 6.61 Å². The number of rotatable bonds is 2. The molecule has 0 saturated carbocycles. The molecule has 0 aromatic carbocycles. The molecule has 4 heteroatoms. The Balaban J connectivity index is 2.52. The van der Waals surface area contributed by atoms with Crippen LogP contribution in [0.5, 0.6) is 0 Å². The summed E-state index contributed by atoms with van der Waals surface area (Å²) < 4.78 is 5.01. The van der Waals surface area contributed by atoms with Crippen molar-refractivity contribution in [3.8, 4) is 11.3 Å². The Hall–Kier alpha value is -1.68. The molecule has 0 bridgehead atoms. The molecular weight excluding hydrogens is 180 g/mol. The van der Waals surface area contributed by atoms with Crippen molar-refractivity contribution in [1.29, 1.82) is 0 Å². The van der Waals surface area contributed by atoms with Crippen LogP contribution in [0, 0.1) is 6.92 Å². The molecule has 4 nitrogen and oxygen atoms in total. The fourth-order valence-corrected chi connectivity index (χ4v) is 1.31. The van der Waals surface area contributed by atoms with Gasteiger partial charge in [-0.2, -0.15) is 0 Å². The van der Waals surface area contributed by atoms with Gasteiger partial charge >= 0.3 is 0 Å². The first-order valence-corrected chi connectivity index (χ1v) is 4.29. The summed E-state index contributed by atoms with van der Waals surface area (Å²) in [6.45, 7) is 1.72. The van der Waals surface area contributed by atoms with Gasteiger partial charge in [-0.15, -0.1) is 0 Å². The quantitative estimate of drug-likeness (QED) is 0.780. The Morgan fingerprint density at radius 1 is 1.36 bits per heavy atom. The van der Waals surface area contributed by atoms with Crippen molar-refractivity contribution in [2.75, 3.05) is 0 Å². The number of hydrogen-bond donors (Lipinski definition) is 1. The molecule has 0 aliphatic rings. The largest absolute Gasteiger partial charge is 0.391 e. The summed E-state index contributed by atoms with van der Waals surface area (Å²) in [4.78, 5) is 3.91. The Bertz CT molecular complexity index is 423. The van der Waals surface area contributed by atoms with Crippen LogP contribution < -0.4 is 0 Å². The van der Waals surface area contributed by atoms with Crippen molar-refractivity contribution in [3.05, 3.63) is 35.9 Å². The van der Waals surface area contributed by atoms with E-state index in [1.807, 2.05) is 12.1 Å². The minimum atomic E-state index is -0.0625. The van der Waals surface area contributed by atoms with Gasteiger partial charge in [-0.05, 0) is 19.1 Å². The van der Waals surface area contributed by atoms with E-state index in [1.54, 1.807) is 19.3 Å². The summed E-state index contributed by atoms with van der Waals surface area (Å²) in [7, 11) is 0. The first-order chi connectivity index (χ1) is 6.83. The molecule has 0 aliphatic carbocycles. The molecule has 1 N–H and O–H groups in total. The van der Waals surface area contributed by atoms with Gasteiger partial charge in [0.2, 0.25) is 0 Å². The monoisotopic (exact) mass is 190 g/mol. The van der Waals surface area contributed by atoms with Crippen LogP contribution in [0.4, 0.5) is 0 Å². The summed E-state index contributed by atoms with van der Waals surface area (Å²) in [5, 5.41) is 13.0. The first-order valence-electron chi connectivity index (χ1n) is 4.29. The number of aryl methyl sites for hydroxylation is 1. The Morgan fingerprint density at radius 3 is 2.71 bits per heavy atom. The molecule has 0 spiro atoms. The van der Waals surface area contributed by atoms with Crippen LogP contribution in [-0.2, 0) is 6.61 Å². The maximum atomic E-state index is 9.13. The van der Waals surface area contributed by atoms with Crippen LogP contribution >= 0.6 is 0 Å². The molecule has 14 heavy (non-hydrogen) atoms. The molecule has 0 unspecified atom stereocenters. The van der Waals surface area contributed by atoms with E-state index in [9.17, 15) is 0 Å². The lowest BCUT2D eigenvalue weighted by Crippen LogP contribution is -1.88. The molecule has 2 aromatic heterocycles. The molecule has 72 valence electrons. The maximum Gasteiger partial charge on any atom is 0.139 e. The SMILES string of the molecule is Cc1onc(-c2ccncc2)c1CO. The minimum absolute atomic E-state index is 0.0625. The molecule has 0 amide bonds. The fraction of sp³-hybridized carbons (Fsp3) is 0.200. The number of hydrogen-bond acceptors (Lipinski definition) is 4. The summed E-state index contributed by atoms with van der Waals surface area (Å²) in [5.74, 6) is 0.652. The van der Waals surface area contributed by atoms with E-state index in [1.165, 1.54) is 0 Å². The van der Waals surface area contributed by atoms with Crippen molar-refractivity contribution in [1.82, 2.24) is 10.1 Å². The Kier molecular flexibility index (Phi) is 2.28. The molecule has 0 aliphatic heterocycles. The number of aliphatic hydroxyl groups excluding tert-OH is 1. The minimum Gasteiger partial charge on any atom is -0.391 e. The molecule has 0 radical (unpaired) electrons. The van der Waals surface area contributed by atoms with E-state index in [4.69, 9.17) is 9.63 Å². The third kappa shape index (κ3) is 1.40. The van der Waals surface area contributed by atoms with Crippen LogP contribution in [0.25, 0.3) is 11.3 Å². The van der Waals surface area contributed by atoms with E-state index in [2.05, 4.69) is 10.1 Å². The van der Waals surface area contributed by atoms with Gasteiger partial charge in [-0.3, -0.25) is 4.98 Å². The van der Waals surface area contributed by atoms with Crippen LogP contribution in [0.2, 0.25) is 0 Å². The second-order valence-electron chi connectivity index (χ2n) is 2.96. The smallest absolute Gasteiger partial charge is 0.139 e. The van der Waals surface area contributed by atoms with Crippen molar-refractivity contribution < 1.29 is 9.63 Å². The third-order valence-electron chi connectivity index (χ3n) is 2.10. The van der Waals surface area contributed by atoms with Crippen molar-refractivity contribution in [2.24, 2.45) is 0 Å². The number of aromatic nitrogens is 2. The first kappa shape index (κ1) is 8.90. The van der Waals surface area contributed by atoms with Crippen LogP contribution in [0.15, 0.2) is 29.0 Å². The van der Waals surface area contributed by atoms with Crippen molar-refractivity contribution >= 4 is 0 Å². The van der Waals surface area contributed by atoms with Gasteiger partial charge in [-0.25, -0.2) is 0 Å². The zero-order valence-corrected chi connectivity index (χ0v) is 7.77. The van der Waals surface area contributed by atoms with Gasteiger partial charge in [0.15, 0.2) is 0 Å². The average Bonchev–Trinajstić information content (AvgIpc) is 2.61. The lowest BCUT2D eigenvalue weighted by molar-refractivity contribution is 0.278. The molecule has 2 heterocycles. The van der Waals surface area contributed by atoms with Gasteiger partial charge in [0, 0.05) is 23.5 Å². The summed E-state index contributed by atoms with van der Waals surface area (Å²) in [5.41, 5.74) is 2.32. The summed E-state index contributed by atoms with van der Waals surface area (Å²) >= 11 is 0. The number of aliphatic hydroxyl groups is 1. The lowest BCUT2D eigenvalue weighted by Gasteiger charge is -1.97. The predicted molar refractivity (Wildman–Crippen MR) is 50.4 cm³/mol. The zero-order chi connectivity index (χ0) is 9.97. The highest BCUT2D eigenvalue weighted by molar-refractivity contribution is 5.62. The Morgan fingerprint density at radius 2 is 2.07 bits per heavy atom. The second-order valence-corrected chi connectivity index (χ2v) is 2.96. The standard InChI is InChI=1S/C10H10N2O2/c1-7-9(6-13)10(12-14-7)8-2-4-11-5-3-8/h2-5,13H,6H2,1H3. The maximum absolute atomic E-state index is 9.13. The number of nitrogens with zero attached hydrogens (tertiary/aromatic N) is 2. The zero-order valence-electron chi connectivity index (χ0n) is 7.77. The van der Waals surface area contributed by atoms with E-state index < -0.39 is 0 Å². The van der Waals surface area contributed by atoms with Gasteiger partial charge in [0.1, 0.15) is 11.5 Å². The van der Waals surface area contributed by atoms with E-state index in [0.717, 1.165) is 11.1 Å². The van der Waals surface area contributed by atoms with Gasteiger partial charge in [0.25, 0.3) is 0 Å². The average molecular weight is 190 g/mol. The van der Waals surface area contributed by atoms with Crippen molar-refractivity contribution in [2.45, 2.75) is 13.5 Å². The molecule has 2 aromatic rings. The fourth-order valence-electron chi connectivity index (χ4n) is 1.31. The van der Waals surface area contributed by atoms with E-state index in [0.29, 0.717) is 11.5 Å². The van der Waals surface area contributed by atoms with E-state index >= 15 is 0 Å². The highest BCUT2D eigenvalue weighted by Crippen LogP contribution is 2.24. The normalized spacial score (nSPS) is 10.4. The predicted octanol–water partition coefficient (Wildman–Crippen LogP) is 1.54. The van der Waals surface area contributed by atoms with Crippen molar-refractivity contribution in [3.63, 3.8) is 0 Å². The molecule has 0 saturated heterocycles. The van der Waals surface area contributed by atoms with Crippen LogP contribution in [0.1, 0.15) is 11.3 Å². The van der Waals surface area contributed by atoms with Gasteiger partial charge in [-0.1, -0.05) is 5.16 Å². The second kappa shape index (κ2) is 3.59. The lowest BCUT2D eigenvalue weighted by atomic mass is 10.1. The summed E-state index contributed by atoms with van der Waals surface area (Å²) in [6, 6.07) is 3.66. The molecule has 0 fully saturated rings. The number of pyridine rings is 1. The third-order valence-corrected chi connectivity index (χ3v) is 2.10. The van der Waals surface area contributed by atoms with Crippen LogP contribution in [-0.4, -0.2) is 15.2 Å². The highest BCUT2D eigenvalue weighted by Gasteiger charge is 2.12. The molecule has 2 rings (SSSR count). The van der Waals surface area contributed by atoms with E-state index in [-0.39, 0.29) is 6.61 Å². The molecule has 0 atom stereocenters. The highest BCUT2D eigenvalue weighted by atomic mass is 16.5. The summed E-state index contributed by atoms with van der Waals surface area (Å²) in [6.07, 6.45) is 3.36.